The number of unbranched alkanes of at least 4 members (excludes halogenated alkanes) is 4. The molecule has 13 heteroatoms. The molecule has 290 valence electrons. The van der Waals surface area contributed by atoms with Gasteiger partial charge in [-0.1, -0.05) is 42.6 Å². The van der Waals surface area contributed by atoms with Gasteiger partial charge in [-0.2, -0.15) is 0 Å². The zero-order chi connectivity index (χ0) is 38.7. The number of benzene rings is 4. The molecule has 0 saturated carbocycles. The van der Waals surface area contributed by atoms with Crippen molar-refractivity contribution in [2.45, 2.75) is 38.3 Å². The van der Waals surface area contributed by atoms with Gasteiger partial charge < -0.3 is 53.1 Å². The van der Waals surface area contributed by atoms with Crippen LogP contribution in [0, 0.1) is 0 Å². The molecule has 55 heavy (non-hydrogen) atoms. The Morgan fingerprint density at radius 1 is 0.582 bits per heavy atom. The highest BCUT2D eigenvalue weighted by atomic mass is 16.5. The summed E-state index contributed by atoms with van der Waals surface area (Å²) in [5, 5.41) is 10.7. The Kier molecular flexibility index (Phi) is 12.7. The van der Waals surface area contributed by atoms with Crippen LogP contribution in [0.1, 0.15) is 54.2 Å². The number of carbonyl (C=O) groups is 1. The number of nitrogens with one attached hydrogen (secondary N) is 2. The Morgan fingerprint density at radius 3 is 1.84 bits per heavy atom. The van der Waals surface area contributed by atoms with E-state index in [4.69, 9.17) is 42.4 Å². The van der Waals surface area contributed by atoms with Gasteiger partial charge in [0, 0.05) is 22.9 Å². The molecule has 2 heterocycles. The second kappa shape index (κ2) is 18.2. The van der Waals surface area contributed by atoms with Crippen LogP contribution in [0.3, 0.4) is 0 Å². The summed E-state index contributed by atoms with van der Waals surface area (Å²) in [6.45, 7) is 1.07. The van der Waals surface area contributed by atoms with E-state index >= 15 is 0 Å². The maximum Gasteiger partial charge on any atom is 0.255 e. The number of carbonyl (C=O) groups excluding carboxylic acids is 1. The summed E-state index contributed by atoms with van der Waals surface area (Å²) in [6, 6.07) is 22.3. The summed E-state index contributed by atoms with van der Waals surface area (Å²) in [5.41, 5.74) is 4.33. The number of aromatic nitrogens is 1. The van der Waals surface area contributed by atoms with Crippen LogP contribution in [0.2, 0.25) is 0 Å². The summed E-state index contributed by atoms with van der Waals surface area (Å²) in [6.07, 6.45) is 4.43. The Balaban J connectivity index is 0.965. The highest BCUT2D eigenvalue weighted by Crippen LogP contribution is 2.44. The van der Waals surface area contributed by atoms with Gasteiger partial charge in [-0.05, 0) is 66.9 Å². The number of rotatable bonds is 19. The maximum absolute atomic E-state index is 12.6. The van der Waals surface area contributed by atoms with Crippen molar-refractivity contribution in [1.29, 1.82) is 0 Å². The fraction of sp³-hybridized carbons (Fsp3) is 0.333. The third kappa shape index (κ3) is 8.77. The van der Waals surface area contributed by atoms with E-state index in [1.54, 1.807) is 60.9 Å². The first-order valence-electron chi connectivity index (χ1n) is 18.0. The van der Waals surface area contributed by atoms with Gasteiger partial charge in [0.25, 0.3) is 5.91 Å². The summed E-state index contributed by atoms with van der Waals surface area (Å²) in [4.78, 5) is 12.6. The second-order valence-corrected chi connectivity index (χ2v) is 12.7. The Bertz CT molecular complexity index is 2030. The smallest absolute Gasteiger partial charge is 0.255 e. The predicted molar refractivity (Wildman–Crippen MR) is 207 cm³/mol. The molecule has 5 aromatic rings. The largest absolute Gasteiger partial charge is 0.493 e. The van der Waals surface area contributed by atoms with Gasteiger partial charge in [0.1, 0.15) is 11.9 Å². The second-order valence-electron chi connectivity index (χ2n) is 12.7. The molecule has 0 saturated heterocycles. The average molecular weight is 754 g/mol. The molecule has 2 N–H and O–H groups in total. The molecule has 0 fully saturated rings. The van der Waals surface area contributed by atoms with Crippen LogP contribution in [0.4, 0.5) is 5.69 Å². The molecule has 1 aliphatic rings. The van der Waals surface area contributed by atoms with Crippen LogP contribution in [-0.2, 0) is 0 Å². The topological polar surface area (TPSA) is 141 Å². The van der Waals surface area contributed by atoms with Gasteiger partial charge in [-0.3, -0.25) is 4.79 Å². The van der Waals surface area contributed by atoms with Crippen molar-refractivity contribution in [3.05, 3.63) is 83.9 Å². The van der Waals surface area contributed by atoms with Crippen molar-refractivity contribution in [3.63, 3.8) is 0 Å². The van der Waals surface area contributed by atoms with Gasteiger partial charge in [-0.25, -0.2) is 0 Å². The monoisotopic (exact) mass is 753 g/mol. The third-order valence-corrected chi connectivity index (χ3v) is 9.28. The first-order chi connectivity index (χ1) is 26.9. The summed E-state index contributed by atoms with van der Waals surface area (Å²) >= 11 is 0. The molecule has 0 aliphatic carbocycles. The minimum absolute atomic E-state index is 0.118. The quantitative estimate of drug-likeness (QED) is 0.0784. The van der Waals surface area contributed by atoms with E-state index in [0.717, 1.165) is 48.9 Å². The lowest BCUT2D eigenvalue weighted by Gasteiger charge is -2.28. The summed E-state index contributed by atoms with van der Waals surface area (Å²) < 4.78 is 51.4. The van der Waals surface area contributed by atoms with Crippen molar-refractivity contribution in [2.75, 3.05) is 61.2 Å². The lowest BCUT2D eigenvalue weighted by molar-refractivity contribution is 0.0935. The molecule has 0 bridgehead atoms. The van der Waals surface area contributed by atoms with E-state index in [0.29, 0.717) is 81.8 Å². The SMILES string of the molecule is COc1cc(C2NC(=O)c3ccccc3N2)ccc1OCCCCCCCOc1c(OC)cc(-c2cc(-c3cc(OC)c(OC)c(OC)c3)on2)cc1OC. The fourth-order valence-electron chi connectivity index (χ4n) is 6.39. The molecule has 1 amide bonds. The molecule has 1 aromatic heterocycles. The number of hydrogen-bond acceptors (Lipinski definition) is 12. The number of para-hydroxylation sites is 1. The van der Waals surface area contributed by atoms with Crippen molar-refractivity contribution >= 4 is 11.6 Å². The van der Waals surface area contributed by atoms with Crippen LogP contribution in [0.15, 0.2) is 77.3 Å². The molecule has 1 atom stereocenters. The lowest BCUT2D eigenvalue weighted by atomic mass is 10.1. The first kappa shape index (κ1) is 38.5. The van der Waals surface area contributed by atoms with Gasteiger partial charge in [-0.15, -0.1) is 0 Å². The summed E-state index contributed by atoms with van der Waals surface area (Å²) in [5.74, 6) is 4.76. The number of anilines is 1. The van der Waals surface area contributed by atoms with Gasteiger partial charge in [0.2, 0.25) is 11.5 Å². The van der Waals surface area contributed by atoms with E-state index in [9.17, 15) is 4.79 Å². The zero-order valence-electron chi connectivity index (χ0n) is 32.0. The molecular weight excluding hydrogens is 706 g/mol. The molecule has 0 spiro atoms. The third-order valence-electron chi connectivity index (χ3n) is 9.28. The minimum atomic E-state index is -0.369. The highest BCUT2D eigenvalue weighted by Gasteiger charge is 2.25. The van der Waals surface area contributed by atoms with E-state index in [1.165, 1.54) is 0 Å². The Labute approximate surface area is 320 Å². The number of fused-ring (bicyclic) bond motifs is 1. The summed E-state index contributed by atoms with van der Waals surface area (Å²) in [7, 11) is 9.47. The molecule has 1 aliphatic heterocycles. The lowest BCUT2D eigenvalue weighted by Crippen LogP contribution is -2.38. The first-order valence-corrected chi connectivity index (χ1v) is 18.0. The van der Waals surface area contributed by atoms with E-state index in [-0.39, 0.29) is 12.1 Å². The van der Waals surface area contributed by atoms with E-state index in [1.807, 2.05) is 54.6 Å². The van der Waals surface area contributed by atoms with Crippen molar-refractivity contribution in [1.82, 2.24) is 10.5 Å². The van der Waals surface area contributed by atoms with Crippen LogP contribution in [-0.4, -0.2) is 66.9 Å². The van der Waals surface area contributed by atoms with Crippen LogP contribution in [0.5, 0.6) is 46.0 Å². The van der Waals surface area contributed by atoms with E-state index in [2.05, 4.69) is 15.8 Å². The van der Waals surface area contributed by atoms with Gasteiger partial charge >= 0.3 is 0 Å². The minimum Gasteiger partial charge on any atom is -0.493 e. The average Bonchev–Trinajstić information content (AvgIpc) is 3.73. The van der Waals surface area contributed by atoms with Crippen LogP contribution < -0.4 is 48.5 Å². The molecule has 13 nitrogen and oxygen atoms in total. The zero-order valence-corrected chi connectivity index (χ0v) is 32.0. The van der Waals surface area contributed by atoms with Gasteiger partial charge in [0.05, 0.1) is 61.4 Å². The normalized spacial score (nSPS) is 13.2. The van der Waals surface area contributed by atoms with Crippen LogP contribution in [0.25, 0.3) is 22.6 Å². The Morgan fingerprint density at radius 2 is 1.18 bits per heavy atom. The molecule has 4 aromatic carbocycles. The number of ether oxygens (including phenoxy) is 8. The number of methoxy groups -OCH3 is 6. The van der Waals surface area contributed by atoms with Crippen molar-refractivity contribution in [2.24, 2.45) is 0 Å². The fourth-order valence-corrected chi connectivity index (χ4v) is 6.39. The van der Waals surface area contributed by atoms with Crippen molar-refractivity contribution in [3.8, 4) is 68.6 Å². The van der Waals surface area contributed by atoms with E-state index < -0.39 is 0 Å². The molecule has 0 radical (unpaired) electrons. The number of amides is 1. The standard InChI is InChI=1S/C42H47N3O10/c1-47-34-20-26(41-43-30-15-11-10-14-29(30)42(46)44-41)16-17-32(34)53-18-12-8-7-9-13-19-54-40-37(50-4)21-27(22-38(40)51-5)31-25-33(55-45-31)28-23-35(48-2)39(52-6)36(24-28)49-3/h10-11,14-17,20-25,41,43H,7-9,12-13,18-19H2,1-6H3,(H,44,46). The highest BCUT2D eigenvalue weighted by molar-refractivity contribution is 6.01. The maximum atomic E-state index is 12.6. The number of nitrogens with zero attached hydrogens (tertiary/aromatic N) is 1. The number of hydrogen-bond donors (Lipinski definition) is 2. The predicted octanol–water partition coefficient (Wildman–Crippen LogP) is 8.32. The van der Waals surface area contributed by atoms with Crippen LogP contribution >= 0.6 is 0 Å². The molecule has 1 unspecified atom stereocenters. The van der Waals surface area contributed by atoms with Crippen molar-refractivity contribution < 1.29 is 47.2 Å². The van der Waals surface area contributed by atoms with Gasteiger partial charge in [0.15, 0.2) is 40.3 Å². The Hall–Kier alpha value is -6.24. The molecular formula is C42H47N3O10. The molecule has 6 rings (SSSR count).